The lowest BCUT2D eigenvalue weighted by Gasteiger charge is -2.26. The number of thiophene rings is 1. The second-order valence-corrected chi connectivity index (χ2v) is 6.12. The largest absolute Gasteiger partial charge is 0.384 e. The zero-order chi connectivity index (χ0) is 15.2. The third-order valence-electron chi connectivity index (χ3n) is 3.89. The van der Waals surface area contributed by atoms with Crippen LogP contribution in [-0.2, 0) is 0 Å². The number of likely N-dealkylation sites (N-methyl/N-ethyl adjacent to an activating group) is 1. The van der Waals surface area contributed by atoms with E-state index >= 15 is 0 Å². The number of nitrogens with zero attached hydrogens (tertiary/aromatic N) is 2. The molecule has 1 aromatic rings. The third-order valence-corrected chi connectivity index (χ3v) is 4.88. The van der Waals surface area contributed by atoms with E-state index in [4.69, 9.17) is 5.11 Å². The SMILES string of the molecule is CCN(CC)C1CCN(C(=O)c2ccc(C#CCO)s2)C1. The number of amides is 1. The first-order valence-electron chi connectivity index (χ1n) is 7.42. The Hall–Kier alpha value is -1.35. The van der Waals surface area contributed by atoms with Crippen molar-refractivity contribution in [3.05, 3.63) is 21.9 Å². The molecule has 2 heterocycles. The predicted octanol–water partition coefficient (Wildman–Crippen LogP) is 1.65. The van der Waals surface area contributed by atoms with Crippen molar-refractivity contribution in [3.8, 4) is 11.8 Å². The zero-order valence-corrected chi connectivity index (χ0v) is 13.4. The van der Waals surface area contributed by atoms with E-state index in [1.54, 1.807) is 0 Å². The lowest BCUT2D eigenvalue weighted by molar-refractivity contribution is 0.0782. The molecule has 1 atom stereocenters. The van der Waals surface area contributed by atoms with E-state index in [1.165, 1.54) is 11.3 Å². The number of likely N-dealkylation sites (tertiary alicyclic amines) is 1. The smallest absolute Gasteiger partial charge is 0.264 e. The van der Waals surface area contributed by atoms with Gasteiger partial charge in [-0.1, -0.05) is 25.7 Å². The Bertz CT molecular complexity index is 540. The molecule has 0 bridgehead atoms. The van der Waals surface area contributed by atoms with E-state index in [9.17, 15) is 4.79 Å². The van der Waals surface area contributed by atoms with Gasteiger partial charge in [-0.15, -0.1) is 11.3 Å². The van der Waals surface area contributed by atoms with E-state index in [0.717, 1.165) is 42.4 Å². The topological polar surface area (TPSA) is 43.8 Å². The average molecular weight is 306 g/mol. The van der Waals surface area contributed by atoms with Crippen LogP contribution < -0.4 is 0 Å². The van der Waals surface area contributed by atoms with Crippen molar-refractivity contribution in [1.82, 2.24) is 9.80 Å². The van der Waals surface area contributed by atoms with E-state index in [1.807, 2.05) is 17.0 Å². The number of aliphatic hydroxyl groups is 1. The van der Waals surface area contributed by atoms with Crippen LogP contribution in [0.3, 0.4) is 0 Å². The normalized spacial score (nSPS) is 17.9. The highest BCUT2D eigenvalue weighted by Gasteiger charge is 2.30. The lowest BCUT2D eigenvalue weighted by atomic mass is 10.2. The molecule has 5 heteroatoms. The van der Waals surface area contributed by atoms with Gasteiger partial charge in [0.25, 0.3) is 5.91 Å². The highest BCUT2D eigenvalue weighted by Crippen LogP contribution is 2.22. The first kappa shape index (κ1) is 16.0. The third kappa shape index (κ3) is 3.85. The molecule has 1 aliphatic rings. The standard InChI is InChI=1S/C16H22N2O2S/c1-3-17(4-2)13-9-10-18(12-13)16(20)15-8-7-14(21-15)6-5-11-19/h7-8,13,19H,3-4,9-12H2,1-2H3. The Morgan fingerprint density at radius 1 is 1.48 bits per heavy atom. The van der Waals surface area contributed by atoms with Gasteiger partial charge in [0, 0.05) is 19.1 Å². The number of hydrogen-bond donors (Lipinski definition) is 1. The van der Waals surface area contributed by atoms with E-state index in [2.05, 4.69) is 30.6 Å². The molecule has 1 aromatic heterocycles. The van der Waals surface area contributed by atoms with E-state index in [-0.39, 0.29) is 12.5 Å². The molecule has 1 fully saturated rings. The van der Waals surface area contributed by atoms with Gasteiger partial charge in [0.15, 0.2) is 0 Å². The van der Waals surface area contributed by atoms with Crippen LogP contribution >= 0.6 is 11.3 Å². The summed E-state index contributed by atoms with van der Waals surface area (Å²) >= 11 is 1.40. The summed E-state index contributed by atoms with van der Waals surface area (Å²) in [4.78, 5) is 18.4. The first-order chi connectivity index (χ1) is 10.2. The Morgan fingerprint density at radius 2 is 2.24 bits per heavy atom. The summed E-state index contributed by atoms with van der Waals surface area (Å²) in [5.41, 5.74) is 0. The molecule has 0 radical (unpaired) electrons. The monoisotopic (exact) mass is 306 g/mol. The number of aliphatic hydroxyl groups excluding tert-OH is 1. The fourth-order valence-electron chi connectivity index (χ4n) is 2.77. The van der Waals surface area contributed by atoms with E-state index < -0.39 is 0 Å². The molecule has 0 aliphatic carbocycles. The molecule has 114 valence electrons. The molecule has 1 amide bonds. The molecule has 0 spiro atoms. The maximum absolute atomic E-state index is 12.5. The molecule has 4 nitrogen and oxygen atoms in total. The van der Waals surface area contributed by atoms with Crippen molar-refractivity contribution in [2.24, 2.45) is 0 Å². The molecule has 1 unspecified atom stereocenters. The molecular formula is C16H22N2O2S. The second kappa shape index (κ2) is 7.60. The average Bonchev–Trinajstić information content (AvgIpc) is 3.15. The zero-order valence-electron chi connectivity index (χ0n) is 12.6. The molecule has 21 heavy (non-hydrogen) atoms. The van der Waals surface area contributed by atoms with Gasteiger partial charge in [0.1, 0.15) is 6.61 Å². The van der Waals surface area contributed by atoms with Crippen LogP contribution in [0, 0.1) is 11.8 Å². The van der Waals surface area contributed by atoms with Crippen LogP contribution in [0.25, 0.3) is 0 Å². The summed E-state index contributed by atoms with van der Waals surface area (Å²) in [6, 6.07) is 4.16. The molecule has 1 aliphatic heterocycles. The van der Waals surface area contributed by atoms with Gasteiger partial charge in [-0.25, -0.2) is 0 Å². The quantitative estimate of drug-likeness (QED) is 0.860. The van der Waals surface area contributed by atoms with Gasteiger partial charge in [-0.05, 0) is 31.6 Å². The summed E-state index contributed by atoms with van der Waals surface area (Å²) in [5, 5.41) is 8.70. The number of hydrogen-bond acceptors (Lipinski definition) is 4. The van der Waals surface area contributed by atoms with Gasteiger partial charge >= 0.3 is 0 Å². The van der Waals surface area contributed by atoms with Crippen LogP contribution in [0.2, 0.25) is 0 Å². The number of rotatable bonds is 4. The lowest BCUT2D eigenvalue weighted by Crippen LogP contribution is -2.38. The molecule has 0 saturated carbocycles. The Labute approximate surface area is 130 Å². The fraction of sp³-hybridized carbons (Fsp3) is 0.562. The number of carbonyl (C=O) groups excluding carboxylic acids is 1. The molecule has 1 saturated heterocycles. The summed E-state index contributed by atoms with van der Waals surface area (Å²) in [6.07, 6.45) is 1.05. The molecule has 1 N–H and O–H groups in total. The summed E-state index contributed by atoms with van der Waals surface area (Å²) in [6.45, 7) is 7.88. The maximum Gasteiger partial charge on any atom is 0.264 e. The Balaban J connectivity index is 1.99. The molecule has 0 aromatic carbocycles. The Morgan fingerprint density at radius 3 is 2.90 bits per heavy atom. The minimum atomic E-state index is -0.154. The predicted molar refractivity (Wildman–Crippen MR) is 85.5 cm³/mol. The van der Waals surface area contributed by atoms with Crippen molar-refractivity contribution in [3.63, 3.8) is 0 Å². The van der Waals surface area contributed by atoms with Gasteiger partial charge < -0.3 is 10.0 Å². The van der Waals surface area contributed by atoms with Gasteiger partial charge in [-0.2, -0.15) is 0 Å². The van der Waals surface area contributed by atoms with E-state index in [0.29, 0.717) is 6.04 Å². The second-order valence-electron chi connectivity index (χ2n) is 5.04. The summed E-state index contributed by atoms with van der Waals surface area (Å²) in [7, 11) is 0. The summed E-state index contributed by atoms with van der Waals surface area (Å²) in [5.74, 6) is 5.56. The van der Waals surface area contributed by atoms with Crippen LogP contribution in [-0.4, -0.2) is 59.6 Å². The van der Waals surface area contributed by atoms with Crippen molar-refractivity contribution < 1.29 is 9.90 Å². The summed E-state index contributed by atoms with van der Waals surface area (Å²) < 4.78 is 0. The molecule has 2 rings (SSSR count). The maximum atomic E-state index is 12.5. The van der Waals surface area contributed by atoms with Gasteiger partial charge in [-0.3, -0.25) is 9.69 Å². The van der Waals surface area contributed by atoms with Crippen LogP contribution in [0.1, 0.15) is 34.8 Å². The van der Waals surface area contributed by atoms with Crippen molar-refractivity contribution in [1.29, 1.82) is 0 Å². The molecular weight excluding hydrogens is 284 g/mol. The fourth-order valence-corrected chi connectivity index (χ4v) is 3.62. The van der Waals surface area contributed by atoms with Crippen molar-refractivity contribution in [2.75, 3.05) is 32.8 Å². The van der Waals surface area contributed by atoms with Crippen LogP contribution in [0.15, 0.2) is 12.1 Å². The minimum absolute atomic E-state index is 0.103. The van der Waals surface area contributed by atoms with Crippen molar-refractivity contribution in [2.45, 2.75) is 26.3 Å². The van der Waals surface area contributed by atoms with Crippen molar-refractivity contribution >= 4 is 17.2 Å². The van der Waals surface area contributed by atoms with Gasteiger partial charge in [0.05, 0.1) is 9.75 Å². The van der Waals surface area contributed by atoms with Gasteiger partial charge in [0.2, 0.25) is 0 Å². The minimum Gasteiger partial charge on any atom is -0.384 e. The highest BCUT2D eigenvalue weighted by molar-refractivity contribution is 7.14. The first-order valence-corrected chi connectivity index (χ1v) is 8.24. The number of carbonyl (C=O) groups is 1. The Kier molecular flexibility index (Phi) is 5.80. The van der Waals surface area contributed by atoms with Crippen LogP contribution in [0.5, 0.6) is 0 Å². The van der Waals surface area contributed by atoms with Crippen LogP contribution in [0.4, 0.5) is 0 Å². The highest BCUT2D eigenvalue weighted by atomic mass is 32.1.